The van der Waals surface area contributed by atoms with Gasteiger partial charge < -0.3 is 5.11 Å². The standard InChI is InChI=1S/C9H16N2OS/c1-3-5-7-9(13-11-10-7)8(12)6-4-2/h8,12H,3-6H2,1-2H3. The molecule has 3 nitrogen and oxygen atoms in total. The number of aromatic nitrogens is 2. The summed E-state index contributed by atoms with van der Waals surface area (Å²) in [5.74, 6) is 0. The van der Waals surface area contributed by atoms with Crippen LogP contribution in [0.3, 0.4) is 0 Å². The third kappa shape index (κ3) is 2.74. The van der Waals surface area contributed by atoms with Gasteiger partial charge in [-0.25, -0.2) is 0 Å². The summed E-state index contributed by atoms with van der Waals surface area (Å²) in [5, 5.41) is 13.8. The molecule has 0 radical (unpaired) electrons. The third-order valence-electron chi connectivity index (χ3n) is 1.94. The average molecular weight is 200 g/mol. The number of hydrogen-bond donors (Lipinski definition) is 1. The van der Waals surface area contributed by atoms with Crippen LogP contribution < -0.4 is 0 Å². The second kappa shape index (κ2) is 5.29. The van der Waals surface area contributed by atoms with Crippen LogP contribution in [0.1, 0.15) is 49.8 Å². The average Bonchev–Trinajstić information content (AvgIpc) is 2.54. The van der Waals surface area contributed by atoms with E-state index in [1.54, 1.807) is 0 Å². The van der Waals surface area contributed by atoms with E-state index in [2.05, 4.69) is 23.4 Å². The van der Waals surface area contributed by atoms with Crippen LogP contribution in [0.5, 0.6) is 0 Å². The normalized spacial score (nSPS) is 13.2. The molecule has 1 unspecified atom stereocenters. The Morgan fingerprint density at radius 3 is 2.77 bits per heavy atom. The van der Waals surface area contributed by atoms with E-state index in [1.165, 1.54) is 11.5 Å². The highest BCUT2D eigenvalue weighted by atomic mass is 32.1. The van der Waals surface area contributed by atoms with E-state index in [1.807, 2.05) is 0 Å². The summed E-state index contributed by atoms with van der Waals surface area (Å²) in [6.45, 7) is 4.17. The molecule has 1 N–H and O–H groups in total. The molecule has 74 valence electrons. The quantitative estimate of drug-likeness (QED) is 0.793. The van der Waals surface area contributed by atoms with E-state index in [0.717, 1.165) is 36.3 Å². The predicted octanol–water partition coefficient (Wildman–Crippen LogP) is 2.32. The number of aliphatic hydroxyl groups excluding tert-OH is 1. The summed E-state index contributed by atoms with van der Waals surface area (Å²) < 4.78 is 3.88. The van der Waals surface area contributed by atoms with Crippen LogP contribution in [0.25, 0.3) is 0 Å². The molecule has 0 aromatic carbocycles. The lowest BCUT2D eigenvalue weighted by molar-refractivity contribution is 0.169. The van der Waals surface area contributed by atoms with Gasteiger partial charge in [-0.15, -0.1) is 5.10 Å². The van der Waals surface area contributed by atoms with E-state index >= 15 is 0 Å². The Kier molecular flexibility index (Phi) is 4.32. The fraction of sp³-hybridized carbons (Fsp3) is 0.778. The minimum Gasteiger partial charge on any atom is -0.387 e. The maximum absolute atomic E-state index is 9.75. The largest absolute Gasteiger partial charge is 0.387 e. The Morgan fingerprint density at radius 1 is 1.38 bits per heavy atom. The molecule has 1 aromatic rings. The van der Waals surface area contributed by atoms with Crippen LogP contribution in [-0.2, 0) is 6.42 Å². The first-order valence-electron chi connectivity index (χ1n) is 4.78. The van der Waals surface area contributed by atoms with Gasteiger partial charge in [0.15, 0.2) is 0 Å². The summed E-state index contributed by atoms with van der Waals surface area (Å²) in [5.41, 5.74) is 0.980. The summed E-state index contributed by atoms with van der Waals surface area (Å²) in [6, 6.07) is 0. The molecule has 0 aliphatic heterocycles. The number of hydrogen-bond acceptors (Lipinski definition) is 4. The maximum Gasteiger partial charge on any atom is 0.0917 e. The molecule has 0 bridgehead atoms. The molecular weight excluding hydrogens is 184 g/mol. The minimum absolute atomic E-state index is 0.355. The van der Waals surface area contributed by atoms with Crippen molar-refractivity contribution in [3.63, 3.8) is 0 Å². The zero-order valence-corrected chi connectivity index (χ0v) is 8.97. The SMILES string of the molecule is CCCc1nnsc1C(O)CCC. The first-order valence-corrected chi connectivity index (χ1v) is 5.56. The van der Waals surface area contributed by atoms with Crippen LogP contribution in [0.15, 0.2) is 0 Å². The highest BCUT2D eigenvalue weighted by Crippen LogP contribution is 2.24. The van der Waals surface area contributed by atoms with E-state index in [-0.39, 0.29) is 6.10 Å². The van der Waals surface area contributed by atoms with Gasteiger partial charge in [0.25, 0.3) is 0 Å². The Bertz CT molecular complexity index is 250. The second-order valence-electron chi connectivity index (χ2n) is 3.14. The van der Waals surface area contributed by atoms with E-state index < -0.39 is 0 Å². The Balaban J connectivity index is 2.68. The molecule has 0 saturated heterocycles. The van der Waals surface area contributed by atoms with Crippen molar-refractivity contribution in [2.75, 3.05) is 0 Å². The molecule has 0 aliphatic carbocycles. The van der Waals surface area contributed by atoms with Crippen molar-refractivity contribution in [1.82, 2.24) is 9.59 Å². The van der Waals surface area contributed by atoms with Crippen LogP contribution in [0.4, 0.5) is 0 Å². The van der Waals surface area contributed by atoms with Crippen molar-refractivity contribution >= 4 is 11.5 Å². The Morgan fingerprint density at radius 2 is 2.15 bits per heavy atom. The number of aryl methyl sites for hydroxylation is 1. The van der Waals surface area contributed by atoms with Gasteiger partial charge in [-0.1, -0.05) is 31.2 Å². The van der Waals surface area contributed by atoms with Crippen molar-refractivity contribution in [1.29, 1.82) is 0 Å². The van der Waals surface area contributed by atoms with Gasteiger partial charge in [-0.2, -0.15) is 0 Å². The first-order chi connectivity index (χ1) is 6.29. The fourth-order valence-electron chi connectivity index (χ4n) is 1.28. The monoisotopic (exact) mass is 200 g/mol. The summed E-state index contributed by atoms with van der Waals surface area (Å²) >= 11 is 1.33. The zero-order valence-electron chi connectivity index (χ0n) is 8.16. The highest BCUT2D eigenvalue weighted by Gasteiger charge is 2.14. The molecule has 1 heterocycles. The third-order valence-corrected chi connectivity index (χ3v) is 2.80. The summed E-state index contributed by atoms with van der Waals surface area (Å²) in [6.07, 6.45) is 3.42. The van der Waals surface area contributed by atoms with Crippen LogP contribution in [0.2, 0.25) is 0 Å². The molecule has 0 saturated carbocycles. The van der Waals surface area contributed by atoms with Gasteiger partial charge in [0.2, 0.25) is 0 Å². The fourth-order valence-corrected chi connectivity index (χ4v) is 2.00. The molecule has 1 rings (SSSR count). The molecule has 0 spiro atoms. The first kappa shape index (κ1) is 10.6. The van der Waals surface area contributed by atoms with Crippen molar-refractivity contribution in [2.24, 2.45) is 0 Å². The van der Waals surface area contributed by atoms with Gasteiger partial charge in [0.05, 0.1) is 16.7 Å². The topological polar surface area (TPSA) is 46.0 Å². The summed E-state index contributed by atoms with van der Waals surface area (Å²) in [4.78, 5) is 0.962. The van der Waals surface area contributed by atoms with Crippen molar-refractivity contribution in [3.05, 3.63) is 10.6 Å². The van der Waals surface area contributed by atoms with Crippen molar-refractivity contribution in [2.45, 2.75) is 45.6 Å². The van der Waals surface area contributed by atoms with Crippen LogP contribution in [0, 0.1) is 0 Å². The molecule has 0 aliphatic rings. The van der Waals surface area contributed by atoms with Gasteiger partial charge in [-0.05, 0) is 24.4 Å². The minimum atomic E-state index is -0.355. The number of nitrogens with zero attached hydrogens (tertiary/aromatic N) is 2. The molecule has 1 aromatic heterocycles. The van der Waals surface area contributed by atoms with E-state index in [4.69, 9.17) is 0 Å². The van der Waals surface area contributed by atoms with Crippen LogP contribution >= 0.6 is 11.5 Å². The van der Waals surface area contributed by atoms with Gasteiger partial charge >= 0.3 is 0 Å². The molecular formula is C9H16N2OS. The number of rotatable bonds is 5. The number of aliphatic hydroxyl groups is 1. The van der Waals surface area contributed by atoms with Crippen molar-refractivity contribution < 1.29 is 5.11 Å². The Labute approximate surface area is 83.0 Å². The lowest BCUT2D eigenvalue weighted by Gasteiger charge is -2.06. The second-order valence-corrected chi connectivity index (χ2v) is 3.92. The van der Waals surface area contributed by atoms with Gasteiger partial charge in [0.1, 0.15) is 0 Å². The molecule has 0 fully saturated rings. The molecule has 4 heteroatoms. The van der Waals surface area contributed by atoms with Crippen LogP contribution in [-0.4, -0.2) is 14.7 Å². The lowest BCUT2D eigenvalue weighted by atomic mass is 10.1. The predicted molar refractivity (Wildman–Crippen MR) is 53.8 cm³/mol. The highest BCUT2D eigenvalue weighted by molar-refractivity contribution is 7.05. The molecule has 13 heavy (non-hydrogen) atoms. The van der Waals surface area contributed by atoms with Gasteiger partial charge in [-0.3, -0.25) is 0 Å². The van der Waals surface area contributed by atoms with E-state index in [0.29, 0.717) is 0 Å². The smallest absolute Gasteiger partial charge is 0.0917 e. The van der Waals surface area contributed by atoms with E-state index in [9.17, 15) is 5.11 Å². The maximum atomic E-state index is 9.75. The molecule has 0 amide bonds. The summed E-state index contributed by atoms with van der Waals surface area (Å²) in [7, 11) is 0. The lowest BCUT2D eigenvalue weighted by Crippen LogP contribution is -1.98. The van der Waals surface area contributed by atoms with Crippen molar-refractivity contribution in [3.8, 4) is 0 Å². The zero-order chi connectivity index (χ0) is 9.68. The molecule has 1 atom stereocenters. The Hall–Kier alpha value is -0.480. The van der Waals surface area contributed by atoms with Gasteiger partial charge in [0, 0.05) is 0 Å².